The van der Waals surface area contributed by atoms with Gasteiger partial charge in [0.15, 0.2) is 0 Å². The third kappa shape index (κ3) is 2.23. The van der Waals surface area contributed by atoms with E-state index in [1.165, 1.54) is 6.42 Å². The molecular weight excluding hydrogens is 204 g/mol. The van der Waals surface area contributed by atoms with Gasteiger partial charge in [-0.15, -0.1) is 0 Å². The van der Waals surface area contributed by atoms with Gasteiger partial charge in [0.1, 0.15) is 0 Å². The van der Waals surface area contributed by atoms with Crippen molar-refractivity contribution in [2.24, 2.45) is 11.7 Å². The van der Waals surface area contributed by atoms with Gasteiger partial charge in [0.2, 0.25) is 5.91 Å². The third-order valence-corrected chi connectivity index (χ3v) is 3.91. The SMILES string of the molecule is CC1CCCC(N)(C(=O)N2CC[C@H](O)C2)C1. The van der Waals surface area contributed by atoms with Gasteiger partial charge in [0, 0.05) is 13.1 Å². The molecule has 0 aromatic carbocycles. The Balaban J connectivity index is 2.02. The lowest BCUT2D eigenvalue weighted by atomic mass is 9.76. The summed E-state index contributed by atoms with van der Waals surface area (Å²) >= 11 is 0. The molecule has 1 saturated carbocycles. The molecule has 1 aliphatic heterocycles. The zero-order valence-corrected chi connectivity index (χ0v) is 9.98. The molecule has 1 saturated heterocycles. The lowest BCUT2D eigenvalue weighted by Gasteiger charge is -2.38. The first-order valence-electron chi connectivity index (χ1n) is 6.27. The van der Waals surface area contributed by atoms with Crippen molar-refractivity contribution in [1.82, 2.24) is 4.90 Å². The maximum absolute atomic E-state index is 12.3. The van der Waals surface area contributed by atoms with Crippen LogP contribution in [-0.4, -0.2) is 40.6 Å². The Bertz CT molecular complexity index is 282. The first-order valence-corrected chi connectivity index (χ1v) is 6.27. The molecule has 0 radical (unpaired) electrons. The van der Waals surface area contributed by atoms with Crippen molar-refractivity contribution < 1.29 is 9.90 Å². The highest BCUT2D eigenvalue weighted by Gasteiger charge is 2.42. The summed E-state index contributed by atoms with van der Waals surface area (Å²) < 4.78 is 0. The molecule has 2 fully saturated rings. The van der Waals surface area contributed by atoms with Crippen LogP contribution in [0, 0.1) is 5.92 Å². The number of aliphatic hydroxyl groups is 1. The van der Waals surface area contributed by atoms with Crippen LogP contribution in [0.3, 0.4) is 0 Å². The summed E-state index contributed by atoms with van der Waals surface area (Å²) in [5.74, 6) is 0.589. The van der Waals surface area contributed by atoms with Gasteiger partial charge in [-0.2, -0.15) is 0 Å². The largest absolute Gasteiger partial charge is 0.391 e. The van der Waals surface area contributed by atoms with Crippen molar-refractivity contribution in [3.8, 4) is 0 Å². The van der Waals surface area contributed by atoms with E-state index in [4.69, 9.17) is 5.73 Å². The zero-order valence-electron chi connectivity index (χ0n) is 9.98. The van der Waals surface area contributed by atoms with Crippen LogP contribution in [-0.2, 0) is 4.79 Å². The molecule has 1 aliphatic carbocycles. The van der Waals surface area contributed by atoms with Crippen molar-refractivity contribution in [2.45, 2.75) is 50.7 Å². The van der Waals surface area contributed by atoms with Crippen LogP contribution < -0.4 is 5.73 Å². The second-order valence-electron chi connectivity index (χ2n) is 5.55. The molecule has 1 heterocycles. The minimum Gasteiger partial charge on any atom is -0.391 e. The van der Waals surface area contributed by atoms with Gasteiger partial charge in [-0.25, -0.2) is 0 Å². The summed E-state index contributed by atoms with van der Waals surface area (Å²) in [5.41, 5.74) is 5.58. The van der Waals surface area contributed by atoms with Crippen molar-refractivity contribution in [3.63, 3.8) is 0 Å². The minimum absolute atomic E-state index is 0.0515. The molecular formula is C12H22N2O2. The van der Waals surface area contributed by atoms with Gasteiger partial charge in [-0.3, -0.25) is 4.79 Å². The second-order valence-corrected chi connectivity index (χ2v) is 5.55. The summed E-state index contributed by atoms with van der Waals surface area (Å²) in [5, 5.41) is 9.45. The van der Waals surface area contributed by atoms with Crippen LogP contribution in [0.25, 0.3) is 0 Å². The van der Waals surface area contributed by atoms with E-state index in [1.807, 2.05) is 0 Å². The van der Waals surface area contributed by atoms with Crippen LogP contribution in [0.4, 0.5) is 0 Å². The lowest BCUT2D eigenvalue weighted by molar-refractivity contribution is -0.138. The molecule has 4 nitrogen and oxygen atoms in total. The predicted molar refractivity (Wildman–Crippen MR) is 61.8 cm³/mol. The standard InChI is InChI=1S/C12H22N2O2/c1-9-3-2-5-12(13,7-9)11(16)14-6-4-10(15)8-14/h9-10,15H,2-8,13H2,1H3/t9?,10-,12?/m0/s1. The van der Waals surface area contributed by atoms with Crippen LogP contribution in [0.2, 0.25) is 0 Å². The number of rotatable bonds is 1. The van der Waals surface area contributed by atoms with Gasteiger partial charge in [0.05, 0.1) is 11.6 Å². The summed E-state index contributed by atoms with van der Waals surface area (Å²) in [6.45, 7) is 3.28. The number of hydrogen-bond donors (Lipinski definition) is 2. The molecule has 4 heteroatoms. The van der Waals surface area contributed by atoms with E-state index in [0.29, 0.717) is 25.4 Å². The van der Waals surface area contributed by atoms with Gasteiger partial charge in [0.25, 0.3) is 0 Å². The Morgan fingerprint density at radius 1 is 1.50 bits per heavy atom. The number of amides is 1. The maximum Gasteiger partial charge on any atom is 0.242 e. The summed E-state index contributed by atoms with van der Waals surface area (Å²) in [6, 6.07) is 0. The van der Waals surface area contributed by atoms with E-state index < -0.39 is 5.54 Å². The van der Waals surface area contributed by atoms with Gasteiger partial charge in [-0.05, 0) is 25.2 Å². The Labute approximate surface area is 96.8 Å². The molecule has 2 aliphatic rings. The molecule has 0 aromatic rings. The van der Waals surface area contributed by atoms with Crippen LogP contribution in [0.1, 0.15) is 39.0 Å². The average molecular weight is 226 g/mol. The fourth-order valence-electron chi connectivity index (χ4n) is 3.03. The number of nitrogens with zero attached hydrogens (tertiary/aromatic N) is 1. The number of carbonyl (C=O) groups is 1. The molecule has 16 heavy (non-hydrogen) atoms. The molecule has 0 bridgehead atoms. The maximum atomic E-state index is 12.3. The van der Waals surface area contributed by atoms with E-state index in [2.05, 4.69) is 6.92 Å². The highest BCUT2D eigenvalue weighted by Crippen LogP contribution is 2.32. The van der Waals surface area contributed by atoms with Gasteiger partial charge in [-0.1, -0.05) is 19.8 Å². The number of likely N-dealkylation sites (tertiary alicyclic amines) is 1. The zero-order chi connectivity index (χ0) is 11.8. The quantitative estimate of drug-likeness (QED) is 0.683. The summed E-state index contributed by atoms with van der Waals surface area (Å²) in [4.78, 5) is 14.0. The van der Waals surface area contributed by atoms with Crippen molar-refractivity contribution in [3.05, 3.63) is 0 Å². The number of hydrogen-bond acceptors (Lipinski definition) is 3. The molecule has 1 amide bonds. The monoisotopic (exact) mass is 226 g/mol. The van der Waals surface area contributed by atoms with Crippen molar-refractivity contribution in [1.29, 1.82) is 0 Å². The van der Waals surface area contributed by atoms with Gasteiger partial charge < -0.3 is 15.7 Å². The Kier molecular flexibility index (Phi) is 3.22. The van der Waals surface area contributed by atoms with E-state index in [0.717, 1.165) is 19.3 Å². The van der Waals surface area contributed by atoms with E-state index in [1.54, 1.807) is 4.90 Å². The highest BCUT2D eigenvalue weighted by molar-refractivity contribution is 5.86. The van der Waals surface area contributed by atoms with Crippen LogP contribution in [0.15, 0.2) is 0 Å². The first-order chi connectivity index (χ1) is 7.51. The van der Waals surface area contributed by atoms with E-state index in [9.17, 15) is 9.90 Å². The number of carbonyl (C=O) groups excluding carboxylic acids is 1. The van der Waals surface area contributed by atoms with E-state index in [-0.39, 0.29) is 12.0 Å². The number of aliphatic hydroxyl groups excluding tert-OH is 1. The van der Waals surface area contributed by atoms with E-state index >= 15 is 0 Å². The topological polar surface area (TPSA) is 66.6 Å². The molecule has 2 rings (SSSR count). The van der Waals surface area contributed by atoms with Crippen LogP contribution >= 0.6 is 0 Å². The lowest BCUT2D eigenvalue weighted by Crippen LogP contribution is -2.57. The van der Waals surface area contributed by atoms with Gasteiger partial charge >= 0.3 is 0 Å². The molecule has 0 spiro atoms. The molecule has 3 N–H and O–H groups in total. The summed E-state index contributed by atoms with van der Waals surface area (Å²) in [7, 11) is 0. The van der Waals surface area contributed by atoms with Crippen LogP contribution in [0.5, 0.6) is 0 Å². The molecule has 92 valence electrons. The van der Waals surface area contributed by atoms with Crippen molar-refractivity contribution >= 4 is 5.91 Å². The number of nitrogens with two attached hydrogens (primary N) is 1. The van der Waals surface area contributed by atoms with Crippen molar-refractivity contribution in [2.75, 3.05) is 13.1 Å². The fourth-order valence-corrected chi connectivity index (χ4v) is 3.03. The number of β-amino-alcohol motifs (C(OH)–C–C–N with tert-alkyl or cyclic N) is 1. The third-order valence-electron chi connectivity index (χ3n) is 3.91. The molecule has 3 atom stereocenters. The molecule has 2 unspecified atom stereocenters. The molecule has 0 aromatic heterocycles. The fraction of sp³-hybridized carbons (Fsp3) is 0.917. The first kappa shape index (κ1) is 11.9. The smallest absolute Gasteiger partial charge is 0.242 e. The Morgan fingerprint density at radius 3 is 2.81 bits per heavy atom. The normalized spacial score (nSPS) is 40.1. The Hall–Kier alpha value is -0.610. The summed E-state index contributed by atoms with van der Waals surface area (Å²) in [6.07, 6.45) is 4.14. The Morgan fingerprint density at radius 2 is 2.25 bits per heavy atom. The highest BCUT2D eigenvalue weighted by atomic mass is 16.3. The minimum atomic E-state index is -0.665. The second kappa shape index (κ2) is 4.34. The average Bonchev–Trinajstić information content (AvgIpc) is 2.63. The predicted octanol–water partition coefficient (Wildman–Crippen LogP) is 0.487.